The fourth-order valence-electron chi connectivity index (χ4n) is 3.81. The highest BCUT2D eigenvalue weighted by Gasteiger charge is 2.29. The Labute approximate surface area is 232 Å². The molecule has 39 heavy (non-hydrogen) atoms. The van der Waals surface area contributed by atoms with Crippen molar-refractivity contribution in [3.63, 3.8) is 0 Å². The first-order chi connectivity index (χ1) is 18.7. The van der Waals surface area contributed by atoms with Crippen LogP contribution < -0.4 is 24.5 Å². The van der Waals surface area contributed by atoms with Crippen molar-refractivity contribution in [1.82, 2.24) is 0 Å². The van der Waals surface area contributed by atoms with Gasteiger partial charge >= 0.3 is 5.97 Å². The van der Waals surface area contributed by atoms with Crippen LogP contribution in [0.1, 0.15) is 22.8 Å². The summed E-state index contributed by atoms with van der Waals surface area (Å²) >= 11 is 3.47. The highest BCUT2D eigenvalue weighted by molar-refractivity contribution is 9.10. The number of nitrogens with zero attached hydrogens (tertiary/aromatic N) is 2. The van der Waals surface area contributed by atoms with E-state index in [1.54, 1.807) is 49.4 Å². The summed E-state index contributed by atoms with van der Waals surface area (Å²) < 4.78 is 17.0. The minimum Gasteiger partial charge on any atom is -0.495 e. The van der Waals surface area contributed by atoms with Gasteiger partial charge in [-0.05, 0) is 83.0 Å². The number of carbonyl (C=O) groups is 3. The van der Waals surface area contributed by atoms with Crippen molar-refractivity contribution in [1.29, 1.82) is 0 Å². The Balaban J connectivity index is 1.50. The number of hydrogen-bond donors (Lipinski definition) is 2. The molecule has 0 aromatic heterocycles. The molecule has 0 unspecified atom stereocenters. The topological polar surface area (TPSA) is 127 Å². The van der Waals surface area contributed by atoms with Crippen molar-refractivity contribution in [3.05, 3.63) is 81.8 Å². The first-order valence-electron chi connectivity index (χ1n) is 11.6. The van der Waals surface area contributed by atoms with E-state index in [-0.39, 0.29) is 24.0 Å². The second-order valence-electron chi connectivity index (χ2n) is 8.28. The molecule has 11 heteroatoms. The predicted octanol–water partition coefficient (Wildman–Crippen LogP) is 4.99. The number of rotatable bonds is 9. The summed E-state index contributed by atoms with van der Waals surface area (Å²) in [6.07, 6.45) is 1.66. The number of ether oxygens (including phenoxy) is 3. The summed E-state index contributed by atoms with van der Waals surface area (Å²) in [6.45, 7) is 1.42. The number of hydrazone groups is 1. The van der Waals surface area contributed by atoms with Crippen LogP contribution in [0, 0.1) is 0 Å². The number of halogens is 1. The lowest BCUT2D eigenvalue weighted by molar-refractivity contribution is -0.118. The Bertz CT molecular complexity index is 1500. The van der Waals surface area contributed by atoms with Crippen LogP contribution in [-0.2, 0) is 9.59 Å². The zero-order valence-corrected chi connectivity index (χ0v) is 22.8. The number of carbonyl (C=O) groups excluding carboxylic acids is 2. The molecule has 1 aliphatic rings. The number of anilines is 2. The summed E-state index contributed by atoms with van der Waals surface area (Å²) in [4.78, 5) is 36.7. The lowest BCUT2D eigenvalue weighted by Crippen LogP contribution is -2.21. The number of nitrogens with one attached hydrogen (secondary N) is 1. The maximum Gasteiger partial charge on any atom is 0.335 e. The molecule has 3 aromatic carbocycles. The fourth-order valence-corrected chi connectivity index (χ4v) is 4.38. The van der Waals surface area contributed by atoms with E-state index >= 15 is 0 Å². The monoisotopic (exact) mass is 593 g/mol. The van der Waals surface area contributed by atoms with Gasteiger partial charge in [0, 0.05) is 0 Å². The van der Waals surface area contributed by atoms with Crippen molar-refractivity contribution in [3.8, 4) is 17.2 Å². The summed E-state index contributed by atoms with van der Waals surface area (Å²) in [5.41, 5.74) is 2.55. The lowest BCUT2D eigenvalue weighted by Gasteiger charge is -2.15. The minimum atomic E-state index is -1.06. The van der Waals surface area contributed by atoms with E-state index in [1.165, 1.54) is 43.5 Å². The fraction of sp³-hybridized carbons (Fsp3) is 0.143. The number of methoxy groups -OCH3 is 2. The summed E-state index contributed by atoms with van der Waals surface area (Å²) in [5, 5.41) is 17.4. The summed E-state index contributed by atoms with van der Waals surface area (Å²) in [7, 11) is 2.99. The smallest absolute Gasteiger partial charge is 0.335 e. The van der Waals surface area contributed by atoms with Crippen molar-refractivity contribution < 1.29 is 33.7 Å². The van der Waals surface area contributed by atoms with Gasteiger partial charge in [0.15, 0.2) is 18.1 Å². The van der Waals surface area contributed by atoms with Gasteiger partial charge in [0.1, 0.15) is 5.75 Å². The maximum atomic E-state index is 13.1. The molecule has 0 spiro atoms. The summed E-state index contributed by atoms with van der Waals surface area (Å²) in [6, 6.07) is 16.3. The Morgan fingerprint density at radius 3 is 2.41 bits per heavy atom. The molecule has 0 saturated carbocycles. The Kier molecular flexibility index (Phi) is 8.30. The number of aromatic carboxylic acids is 1. The van der Waals surface area contributed by atoms with Gasteiger partial charge in [-0.25, -0.2) is 4.79 Å². The molecule has 0 atom stereocenters. The quantitative estimate of drug-likeness (QED) is 0.335. The van der Waals surface area contributed by atoms with Gasteiger partial charge in [0.25, 0.3) is 11.8 Å². The highest BCUT2D eigenvalue weighted by Crippen LogP contribution is 2.38. The third-order valence-corrected chi connectivity index (χ3v) is 6.30. The van der Waals surface area contributed by atoms with Crippen LogP contribution >= 0.6 is 15.9 Å². The SMILES string of the molecule is COc1ccccc1NC(=O)COc1c(Br)cc(C=C2C(=O)N(c3ccc(C(=O)O)cc3)N=C2C)cc1OC. The molecule has 1 aliphatic heterocycles. The average Bonchev–Trinajstić information content (AvgIpc) is 3.20. The highest BCUT2D eigenvalue weighted by atomic mass is 79.9. The summed E-state index contributed by atoms with van der Waals surface area (Å²) in [5.74, 6) is -0.615. The predicted molar refractivity (Wildman–Crippen MR) is 150 cm³/mol. The van der Waals surface area contributed by atoms with Crippen LogP contribution in [0.5, 0.6) is 17.2 Å². The Hall–Kier alpha value is -4.64. The first-order valence-corrected chi connectivity index (χ1v) is 12.4. The number of carboxylic acids is 1. The number of hydrogen-bond acceptors (Lipinski definition) is 7. The van der Waals surface area contributed by atoms with E-state index in [1.807, 2.05) is 0 Å². The molecular weight excluding hydrogens is 570 g/mol. The largest absolute Gasteiger partial charge is 0.495 e. The second kappa shape index (κ2) is 11.8. The molecule has 2 amide bonds. The Morgan fingerprint density at radius 1 is 1.05 bits per heavy atom. The normalized spacial score (nSPS) is 13.7. The molecule has 0 aliphatic carbocycles. The van der Waals surface area contributed by atoms with E-state index in [4.69, 9.17) is 19.3 Å². The van der Waals surface area contributed by atoms with E-state index < -0.39 is 5.97 Å². The number of carboxylic acid groups (broad SMARTS) is 1. The maximum absolute atomic E-state index is 13.1. The standard InChI is InChI=1S/C28H24BrN3O7/c1-16-20(27(34)32(31-16)19-10-8-18(9-11-19)28(35)36)12-17-13-21(29)26(24(14-17)38-3)39-15-25(33)30-22-6-4-5-7-23(22)37-2/h4-14H,15H2,1-3H3,(H,30,33)(H,35,36). The average molecular weight is 594 g/mol. The van der Waals surface area contributed by atoms with Crippen LogP contribution in [0.25, 0.3) is 6.08 Å². The van der Waals surface area contributed by atoms with E-state index in [2.05, 4.69) is 26.3 Å². The molecule has 200 valence electrons. The van der Waals surface area contributed by atoms with Crippen LogP contribution in [0.4, 0.5) is 11.4 Å². The van der Waals surface area contributed by atoms with Crippen LogP contribution in [-0.4, -0.2) is 49.4 Å². The second-order valence-corrected chi connectivity index (χ2v) is 9.14. The number of para-hydroxylation sites is 2. The molecule has 4 rings (SSSR count). The van der Waals surface area contributed by atoms with Gasteiger partial charge < -0.3 is 24.6 Å². The molecule has 2 N–H and O–H groups in total. The van der Waals surface area contributed by atoms with Crippen molar-refractivity contribution in [2.45, 2.75) is 6.92 Å². The molecule has 0 bridgehead atoms. The van der Waals surface area contributed by atoms with Gasteiger partial charge in [0.05, 0.1) is 46.9 Å². The number of amides is 2. The van der Waals surface area contributed by atoms with E-state index in [0.717, 1.165) is 0 Å². The molecule has 1 heterocycles. The van der Waals surface area contributed by atoms with Crippen molar-refractivity contribution >= 4 is 56.9 Å². The molecule has 0 saturated heterocycles. The van der Waals surface area contributed by atoms with Crippen LogP contribution in [0.2, 0.25) is 0 Å². The van der Waals surface area contributed by atoms with Crippen molar-refractivity contribution in [2.24, 2.45) is 5.10 Å². The van der Waals surface area contributed by atoms with Crippen molar-refractivity contribution in [2.75, 3.05) is 31.2 Å². The van der Waals surface area contributed by atoms with Gasteiger partial charge in [-0.1, -0.05) is 12.1 Å². The van der Waals surface area contributed by atoms with Gasteiger partial charge in [-0.15, -0.1) is 0 Å². The lowest BCUT2D eigenvalue weighted by atomic mass is 10.1. The van der Waals surface area contributed by atoms with E-state index in [9.17, 15) is 14.4 Å². The van der Waals surface area contributed by atoms with Crippen LogP contribution in [0.3, 0.4) is 0 Å². The molecule has 0 radical (unpaired) electrons. The van der Waals surface area contributed by atoms with Gasteiger partial charge in [-0.2, -0.15) is 10.1 Å². The molecule has 3 aromatic rings. The Morgan fingerprint density at radius 2 is 1.74 bits per heavy atom. The third-order valence-electron chi connectivity index (χ3n) is 5.71. The van der Waals surface area contributed by atoms with Gasteiger partial charge in [-0.3, -0.25) is 9.59 Å². The van der Waals surface area contributed by atoms with Crippen LogP contribution in [0.15, 0.2) is 75.8 Å². The zero-order chi connectivity index (χ0) is 28.1. The minimum absolute atomic E-state index is 0.110. The molecule has 0 fully saturated rings. The van der Waals surface area contributed by atoms with E-state index in [0.29, 0.717) is 49.9 Å². The molecule has 10 nitrogen and oxygen atoms in total. The zero-order valence-electron chi connectivity index (χ0n) is 21.2. The molecular formula is C28H24BrN3O7. The third kappa shape index (κ3) is 6.10. The first kappa shape index (κ1) is 27.4. The number of benzene rings is 3. The van der Waals surface area contributed by atoms with Gasteiger partial charge in [0.2, 0.25) is 0 Å².